The number of hydrogen-bond acceptors (Lipinski definition) is 1. The monoisotopic (exact) mass is 393 g/mol. The van der Waals surface area contributed by atoms with E-state index in [0.29, 0.717) is 13.1 Å². The molecule has 1 spiro atoms. The summed E-state index contributed by atoms with van der Waals surface area (Å²) in [5, 5.41) is 9.17. The molecule has 1 aliphatic heterocycles. The number of benzene rings is 1. The van der Waals surface area contributed by atoms with Gasteiger partial charge in [0.2, 0.25) is 0 Å². The summed E-state index contributed by atoms with van der Waals surface area (Å²) in [5.41, 5.74) is 2.98. The molecule has 2 aliphatic rings. The SMILES string of the molecule is [CH3][Sn]([CH3])([CH3])[C]1=CC2(CCN(C(=O)O)CC2)c2ccccc21. The Labute approximate surface area is 130 Å². The number of nitrogens with zero attached hydrogens (tertiary/aromatic N) is 1. The van der Waals surface area contributed by atoms with Crippen molar-refractivity contribution in [2.45, 2.75) is 33.1 Å². The molecule has 0 saturated carbocycles. The Hall–Kier alpha value is -0.971. The molecule has 112 valence electrons. The molecule has 1 aromatic carbocycles. The molecule has 1 aliphatic carbocycles. The van der Waals surface area contributed by atoms with Crippen molar-refractivity contribution in [3.05, 3.63) is 41.5 Å². The van der Waals surface area contributed by atoms with E-state index in [1.165, 1.54) is 11.1 Å². The fourth-order valence-corrected chi connectivity index (χ4v) is 8.67. The molecule has 4 heteroatoms. The number of fused-ring (bicyclic) bond motifs is 2. The number of amides is 1. The average molecular weight is 392 g/mol. The first-order chi connectivity index (χ1) is 9.83. The molecule has 1 saturated heterocycles. The van der Waals surface area contributed by atoms with Gasteiger partial charge in [0.25, 0.3) is 0 Å². The van der Waals surface area contributed by atoms with Gasteiger partial charge in [0, 0.05) is 0 Å². The average Bonchev–Trinajstić information content (AvgIpc) is 2.75. The molecule has 0 atom stereocenters. The van der Waals surface area contributed by atoms with Crippen molar-refractivity contribution in [2.24, 2.45) is 0 Å². The molecular formula is C17H23NO2Sn. The molecule has 1 amide bonds. The van der Waals surface area contributed by atoms with Crippen LogP contribution in [0.15, 0.2) is 30.3 Å². The molecule has 21 heavy (non-hydrogen) atoms. The zero-order chi connectivity index (χ0) is 15.3. The van der Waals surface area contributed by atoms with Crippen molar-refractivity contribution in [2.75, 3.05) is 13.1 Å². The van der Waals surface area contributed by atoms with E-state index < -0.39 is 24.5 Å². The molecule has 1 N–H and O–H groups in total. The second-order valence-electron chi connectivity index (χ2n) is 7.28. The van der Waals surface area contributed by atoms with E-state index in [2.05, 4.69) is 45.2 Å². The van der Waals surface area contributed by atoms with Crippen LogP contribution in [0.1, 0.15) is 24.0 Å². The summed E-state index contributed by atoms with van der Waals surface area (Å²) in [6.07, 6.45) is 3.58. The standard InChI is InChI=1S/C14H14NO2.3CH3.Sn/c16-13(17)15-9-7-14(8-10-15)6-5-11-3-1-2-4-12(11)14;;;;/h1-4,6H,7-10H2,(H,16,17);3*1H3;. The Bertz CT molecular complexity index is 607. The van der Waals surface area contributed by atoms with Crippen molar-refractivity contribution in [3.63, 3.8) is 0 Å². The molecule has 0 radical (unpaired) electrons. The number of allylic oxidation sites excluding steroid dienone is 1. The van der Waals surface area contributed by atoms with Crippen molar-refractivity contribution in [1.82, 2.24) is 4.90 Å². The third-order valence-corrected chi connectivity index (χ3v) is 10.7. The van der Waals surface area contributed by atoms with Gasteiger partial charge in [-0.3, -0.25) is 0 Å². The summed E-state index contributed by atoms with van der Waals surface area (Å²) in [4.78, 5) is 20.1. The Morgan fingerprint density at radius 3 is 2.38 bits per heavy atom. The number of piperidine rings is 1. The van der Waals surface area contributed by atoms with E-state index in [0.717, 1.165) is 12.8 Å². The van der Waals surface area contributed by atoms with Gasteiger partial charge in [0.15, 0.2) is 0 Å². The van der Waals surface area contributed by atoms with Gasteiger partial charge in [-0.1, -0.05) is 0 Å². The van der Waals surface area contributed by atoms with Crippen molar-refractivity contribution in [1.29, 1.82) is 0 Å². The second kappa shape index (κ2) is 5.04. The summed E-state index contributed by atoms with van der Waals surface area (Å²) < 4.78 is 1.61. The van der Waals surface area contributed by atoms with Crippen LogP contribution in [0.2, 0.25) is 14.8 Å². The van der Waals surface area contributed by atoms with Gasteiger partial charge in [-0.15, -0.1) is 0 Å². The van der Waals surface area contributed by atoms with Crippen LogP contribution in [0.25, 0.3) is 3.59 Å². The van der Waals surface area contributed by atoms with Gasteiger partial charge in [-0.25, -0.2) is 0 Å². The number of hydrogen-bond donors (Lipinski definition) is 1. The van der Waals surface area contributed by atoms with Gasteiger partial charge in [0.05, 0.1) is 0 Å². The van der Waals surface area contributed by atoms with E-state index in [1.807, 2.05) is 0 Å². The van der Waals surface area contributed by atoms with E-state index in [4.69, 9.17) is 5.11 Å². The van der Waals surface area contributed by atoms with E-state index >= 15 is 0 Å². The van der Waals surface area contributed by atoms with Crippen LogP contribution >= 0.6 is 0 Å². The van der Waals surface area contributed by atoms with Gasteiger partial charge in [-0.2, -0.15) is 0 Å². The summed E-state index contributed by atoms with van der Waals surface area (Å²) in [5.74, 6) is 0. The number of carboxylic acid groups (broad SMARTS) is 1. The van der Waals surface area contributed by atoms with Gasteiger partial charge >= 0.3 is 130 Å². The van der Waals surface area contributed by atoms with Crippen LogP contribution in [0, 0.1) is 0 Å². The first-order valence-corrected chi connectivity index (χ1v) is 17.6. The van der Waals surface area contributed by atoms with Gasteiger partial charge in [-0.05, 0) is 0 Å². The molecule has 3 rings (SSSR count). The van der Waals surface area contributed by atoms with Crippen molar-refractivity contribution >= 4 is 28.1 Å². The van der Waals surface area contributed by atoms with Gasteiger partial charge in [0.1, 0.15) is 0 Å². The fourth-order valence-electron chi connectivity index (χ4n) is 3.72. The van der Waals surface area contributed by atoms with Gasteiger partial charge < -0.3 is 0 Å². The molecule has 3 nitrogen and oxygen atoms in total. The molecule has 0 aromatic heterocycles. The predicted octanol–water partition coefficient (Wildman–Crippen LogP) is 3.97. The molecule has 1 aromatic rings. The van der Waals surface area contributed by atoms with Crippen LogP contribution in [-0.2, 0) is 5.41 Å². The molecule has 1 heterocycles. The molecule has 0 bridgehead atoms. The Kier molecular flexibility index (Phi) is 3.59. The van der Waals surface area contributed by atoms with Crippen molar-refractivity contribution in [3.8, 4) is 0 Å². The van der Waals surface area contributed by atoms with E-state index in [9.17, 15) is 4.79 Å². The zero-order valence-electron chi connectivity index (χ0n) is 13.0. The normalized spacial score (nSPS) is 20.3. The van der Waals surface area contributed by atoms with E-state index in [1.54, 1.807) is 8.49 Å². The Balaban J connectivity index is 2.01. The molecular weight excluding hydrogens is 369 g/mol. The van der Waals surface area contributed by atoms with Crippen LogP contribution in [-0.4, -0.2) is 47.6 Å². The summed E-state index contributed by atoms with van der Waals surface area (Å²) in [7, 11) is 0. The maximum absolute atomic E-state index is 11.1. The quantitative estimate of drug-likeness (QED) is 0.735. The molecule has 1 fully saturated rings. The summed E-state index contributed by atoms with van der Waals surface area (Å²) >= 11 is -2.16. The predicted molar refractivity (Wildman–Crippen MR) is 88.3 cm³/mol. The Morgan fingerprint density at radius 1 is 1.19 bits per heavy atom. The Morgan fingerprint density at radius 2 is 1.81 bits per heavy atom. The third-order valence-electron chi connectivity index (χ3n) is 4.91. The minimum atomic E-state index is -2.16. The maximum atomic E-state index is 11.1. The fraction of sp³-hybridized carbons (Fsp3) is 0.471. The number of likely N-dealkylation sites (tertiary alicyclic amines) is 1. The zero-order valence-corrected chi connectivity index (χ0v) is 15.9. The van der Waals surface area contributed by atoms with Crippen LogP contribution in [0.4, 0.5) is 4.79 Å². The number of rotatable bonds is 1. The summed E-state index contributed by atoms with van der Waals surface area (Å²) in [6.45, 7) is 1.29. The topological polar surface area (TPSA) is 40.5 Å². The van der Waals surface area contributed by atoms with Crippen LogP contribution < -0.4 is 0 Å². The summed E-state index contributed by atoms with van der Waals surface area (Å²) in [6, 6.07) is 8.78. The first kappa shape index (κ1) is 14.9. The third kappa shape index (κ3) is 2.49. The minimum absolute atomic E-state index is 0.0854. The van der Waals surface area contributed by atoms with Crippen LogP contribution in [0.3, 0.4) is 0 Å². The second-order valence-corrected chi connectivity index (χ2v) is 21.7. The molecule has 0 unspecified atom stereocenters. The first-order valence-electron chi connectivity index (χ1n) is 7.65. The van der Waals surface area contributed by atoms with Crippen molar-refractivity contribution < 1.29 is 9.90 Å². The van der Waals surface area contributed by atoms with Crippen LogP contribution in [0.5, 0.6) is 0 Å². The number of carbonyl (C=O) groups is 1. The van der Waals surface area contributed by atoms with E-state index in [-0.39, 0.29) is 5.41 Å².